The highest BCUT2D eigenvalue weighted by Crippen LogP contribution is 2.28. The molecule has 0 bridgehead atoms. The second-order valence-corrected chi connectivity index (χ2v) is 6.75. The maximum Gasteiger partial charge on any atom is 0.308 e. The second-order valence-electron chi connectivity index (χ2n) is 3.16. The molecule has 1 unspecified atom stereocenters. The van der Waals surface area contributed by atoms with Gasteiger partial charge < -0.3 is 0 Å². The minimum atomic E-state index is -5.10. The molecule has 0 aromatic carbocycles. The molecule has 0 fully saturated rings. The van der Waals surface area contributed by atoms with E-state index >= 15 is 0 Å². The average Bonchev–Trinajstić information content (AvgIpc) is 1.81. The lowest BCUT2D eigenvalue weighted by molar-refractivity contribution is 0.473. The maximum atomic E-state index is 12.5. The summed E-state index contributed by atoms with van der Waals surface area (Å²) in [5, 5.41) is -1.94. The molecule has 0 rings (SSSR count). The van der Waals surface area contributed by atoms with E-state index in [1.165, 1.54) is 0 Å². The summed E-state index contributed by atoms with van der Waals surface area (Å²) in [5.74, 6) is 0. The summed E-state index contributed by atoms with van der Waals surface area (Å²) in [4.78, 5) is 0. The highest BCUT2D eigenvalue weighted by molar-refractivity contribution is 7.91. The van der Waals surface area contributed by atoms with Gasteiger partial charge in [0.2, 0.25) is 0 Å². The third-order valence-corrected chi connectivity index (χ3v) is 5.22. The van der Waals surface area contributed by atoms with Gasteiger partial charge in [0, 0.05) is 0 Å². The van der Waals surface area contributed by atoms with Crippen molar-refractivity contribution in [2.75, 3.05) is 0 Å². The monoisotopic (exact) mass is 236 g/mol. The Bertz CT molecular complexity index is 381. The minimum Gasteiger partial charge on any atom is -0.195 e. The van der Waals surface area contributed by atoms with Gasteiger partial charge in [-0.3, -0.25) is 0 Å². The van der Waals surface area contributed by atoms with E-state index in [2.05, 4.69) is 0 Å². The molecule has 0 spiro atoms. The molecule has 0 aromatic rings. The Morgan fingerprint density at radius 1 is 1.08 bits per heavy atom. The third kappa shape index (κ3) is 2.60. The highest BCUT2D eigenvalue weighted by Gasteiger charge is 2.46. The van der Waals surface area contributed by atoms with Gasteiger partial charge in [0.05, 0.1) is 0 Å². The van der Waals surface area contributed by atoms with Gasteiger partial charge in [0.1, 0.15) is 10.00 Å². The van der Waals surface area contributed by atoms with Gasteiger partial charge in [0.25, 0.3) is 0 Å². The van der Waals surface area contributed by atoms with Crippen LogP contribution in [0.2, 0.25) is 0 Å². The molecule has 0 aliphatic carbocycles. The molecular weight excluding hydrogens is 226 g/mol. The third-order valence-electron chi connectivity index (χ3n) is 2.03. The van der Waals surface area contributed by atoms with Crippen LogP contribution in [-0.4, -0.2) is 26.8 Å². The predicted octanol–water partition coefficient (Wildman–Crippen LogP) is 0.752. The van der Waals surface area contributed by atoms with Crippen molar-refractivity contribution in [3.8, 4) is 0 Å². The van der Waals surface area contributed by atoms with Gasteiger partial charge >= 0.3 is 20.4 Å². The molecule has 0 aliphatic heterocycles. The first-order valence-electron chi connectivity index (χ1n) is 3.28. The fraction of sp³-hybridized carbons (Fsp3) is 1.00. The van der Waals surface area contributed by atoms with E-state index in [-0.39, 0.29) is 0 Å². The van der Waals surface area contributed by atoms with Gasteiger partial charge in [-0.2, -0.15) is 16.8 Å². The first-order valence-corrected chi connectivity index (χ1v) is 6.11. The summed E-state index contributed by atoms with van der Waals surface area (Å²) < 4.78 is 64.1. The molecule has 0 aromatic heterocycles. The maximum absolute atomic E-state index is 12.5. The van der Waals surface area contributed by atoms with Gasteiger partial charge in [-0.15, -0.1) is 7.77 Å². The zero-order valence-corrected chi connectivity index (χ0v) is 8.92. The fourth-order valence-electron chi connectivity index (χ4n) is 0.537. The summed E-state index contributed by atoms with van der Waals surface area (Å²) in [7, 11) is -10.2. The normalized spacial score (nSPS) is 17.0. The number of rotatable bonds is 3. The molecule has 1 atom stereocenters. The molecule has 13 heavy (non-hydrogen) atoms. The Balaban J connectivity index is 5.35. The van der Waals surface area contributed by atoms with Crippen molar-refractivity contribution in [1.82, 2.24) is 0 Å². The van der Waals surface area contributed by atoms with Crippen LogP contribution in [0.25, 0.3) is 0 Å². The van der Waals surface area contributed by atoms with E-state index in [0.717, 1.165) is 20.8 Å². The molecule has 0 aliphatic rings. The molecule has 8 heteroatoms. The van der Waals surface area contributed by atoms with Crippen LogP contribution in [-0.2, 0) is 20.4 Å². The van der Waals surface area contributed by atoms with Gasteiger partial charge in [-0.05, 0) is 20.8 Å². The molecular formula is C5H10F2O4S2. The molecule has 80 valence electrons. The van der Waals surface area contributed by atoms with E-state index < -0.39 is 30.4 Å². The smallest absolute Gasteiger partial charge is 0.195 e. The van der Waals surface area contributed by atoms with Crippen molar-refractivity contribution in [1.29, 1.82) is 0 Å². The van der Waals surface area contributed by atoms with E-state index in [4.69, 9.17) is 0 Å². The fourth-order valence-corrected chi connectivity index (χ4v) is 2.30. The Labute approximate surface area is 76.4 Å². The van der Waals surface area contributed by atoms with Crippen molar-refractivity contribution < 1.29 is 24.6 Å². The number of hydrogen-bond donors (Lipinski definition) is 0. The highest BCUT2D eigenvalue weighted by atomic mass is 32.3. The zero-order valence-electron chi connectivity index (χ0n) is 7.28. The van der Waals surface area contributed by atoms with Crippen molar-refractivity contribution in [2.45, 2.75) is 30.8 Å². The first-order chi connectivity index (χ1) is 5.40. The van der Waals surface area contributed by atoms with Gasteiger partial charge in [-0.1, -0.05) is 0 Å². The molecule has 0 N–H and O–H groups in total. The molecule has 0 saturated heterocycles. The van der Waals surface area contributed by atoms with Crippen LogP contribution < -0.4 is 0 Å². The van der Waals surface area contributed by atoms with E-state index in [9.17, 15) is 24.6 Å². The van der Waals surface area contributed by atoms with Crippen LogP contribution >= 0.6 is 0 Å². The summed E-state index contributed by atoms with van der Waals surface area (Å²) in [6.45, 7) is 2.42. The summed E-state index contributed by atoms with van der Waals surface area (Å²) >= 11 is 0. The van der Waals surface area contributed by atoms with Gasteiger partial charge in [-0.25, -0.2) is 0 Å². The van der Waals surface area contributed by atoms with Crippen molar-refractivity contribution in [2.24, 2.45) is 0 Å². The quantitative estimate of drug-likeness (QED) is 0.678. The van der Waals surface area contributed by atoms with E-state index in [1.807, 2.05) is 0 Å². The van der Waals surface area contributed by atoms with Crippen molar-refractivity contribution in [3.05, 3.63) is 0 Å². The lowest BCUT2D eigenvalue weighted by Crippen LogP contribution is -2.43. The minimum absolute atomic E-state index is 0.798. The number of halogens is 2. The SMILES string of the molecule is CC(C(C)(C)S(=O)(=O)F)S(=O)(=O)F. The number of hydrogen-bond acceptors (Lipinski definition) is 4. The van der Waals surface area contributed by atoms with E-state index in [0.29, 0.717) is 0 Å². The Kier molecular flexibility index (Phi) is 3.10. The van der Waals surface area contributed by atoms with Gasteiger partial charge in [0.15, 0.2) is 0 Å². The predicted molar refractivity (Wildman–Crippen MR) is 43.6 cm³/mol. The lowest BCUT2D eigenvalue weighted by Gasteiger charge is -2.23. The van der Waals surface area contributed by atoms with Crippen LogP contribution in [0.4, 0.5) is 7.77 Å². The Morgan fingerprint density at radius 2 is 1.38 bits per heavy atom. The van der Waals surface area contributed by atoms with Crippen LogP contribution in [0.1, 0.15) is 20.8 Å². The second kappa shape index (κ2) is 3.16. The molecule has 0 amide bonds. The summed E-state index contributed by atoms with van der Waals surface area (Å²) in [5.41, 5.74) is 0. The van der Waals surface area contributed by atoms with Crippen LogP contribution in [0.15, 0.2) is 0 Å². The van der Waals surface area contributed by atoms with Crippen molar-refractivity contribution >= 4 is 20.4 Å². The largest absolute Gasteiger partial charge is 0.308 e. The molecule has 0 saturated carbocycles. The average molecular weight is 236 g/mol. The van der Waals surface area contributed by atoms with Crippen LogP contribution in [0.3, 0.4) is 0 Å². The standard InChI is InChI=1S/C5H10F2O4S2/c1-4(12(6,8)9)5(2,3)13(7,10)11/h4H,1-3H3. The first kappa shape index (κ1) is 12.8. The topological polar surface area (TPSA) is 68.3 Å². The summed E-state index contributed by atoms with van der Waals surface area (Å²) in [6, 6.07) is 0. The molecule has 0 radical (unpaired) electrons. The van der Waals surface area contributed by atoms with E-state index in [1.54, 1.807) is 0 Å². The Hall–Kier alpha value is -0.240. The lowest BCUT2D eigenvalue weighted by atomic mass is 10.1. The molecule has 0 heterocycles. The van der Waals surface area contributed by atoms with Crippen LogP contribution in [0.5, 0.6) is 0 Å². The van der Waals surface area contributed by atoms with Crippen LogP contribution in [0, 0.1) is 0 Å². The molecule has 4 nitrogen and oxygen atoms in total. The summed E-state index contributed by atoms with van der Waals surface area (Å²) in [6.07, 6.45) is 0. The Morgan fingerprint density at radius 3 is 1.46 bits per heavy atom. The zero-order chi connectivity index (χ0) is 11.1. The van der Waals surface area contributed by atoms with Crippen molar-refractivity contribution in [3.63, 3.8) is 0 Å².